The van der Waals surface area contributed by atoms with Gasteiger partial charge in [0.1, 0.15) is 0 Å². The maximum Gasteiger partial charge on any atom is 0.257 e. The van der Waals surface area contributed by atoms with Crippen LogP contribution in [0.25, 0.3) is 11.3 Å². The molecule has 4 rings (SSSR count). The zero-order chi connectivity index (χ0) is 38.4. The maximum atomic E-state index is 13.2. The van der Waals surface area contributed by atoms with Gasteiger partial charge in [-0.25, -0.2) is 21.8 Å². The van der Waals surface area contributed by atoms with E-state index in [-0.39, 0.29) is 73.5 Å². The van der Waals surface area contributed by atoms with Gasteiger partial charge in [0, 0.05) is 82.4 Å². The zero-order valence-electron chi connectivity index (χ0n) is 29.8. The van der Waals surface area contributed by atoms with E-state index in [0.29, 0.717) is 22.1 Å². The number of benzene rings is 3. The third-order valence-electron chi connectivity index (χ3n) is 7.83. The number of rotatable bonds is 21. The van der Waals surface area contributed by atoms with Gasteiger partial charge in [-0.1, -0.05) is 12.1 Å². The molecule has 0 radical (unpaired) electrons. The Labute approximate surface area is 313 Å². The van der Waals surface area contributed by atoms with Gasteiger partial charge in [-0.05, 0) is 60.7 Å². The van der Waals surface area contributed by atoms with Crippen LogP contribution in [-0.4, -0.2) is 123 Å². The fraction of sp³-hybridized carbons (Fsp3) is 0.343. The van der Waals surface area contributed by atoms with Crippen LogP contribution in [0.15, 0.2) is 88.0 Å². The molecule has 0 saturated heterocycles. The number of hydrogen-bond donors (Lipinski definition) is 2. The van der Waals surface area contributed by atoms with Crippen molar-refractivity contribution in [1.29, 1.82) is 0 Å². The van der Waals surface area contributed by atoms with E-state index in [2.05, 4.69) is 15.6 Å². The lowest BCUT2D eigenvalue weighted by Crippen LogP contribution is -2.36. The summed E-state index contributed by atoms with van der Waals surface area (Å²) in [7, 11) is -1.72. The molecule has 286 valence electrons. The molecule has 1 heterocycles. The molecule has 4 aromatic rings. The van der Waals surface area contributed by atoms with Crippen LogP contribution in [0.4, 0.5) is 10.8 Å². The van der Waals surface area contributed by atoms with Crippen molar-refractivity contribution < 1.29 is 45.4 Å². The van der Waals surface area contributed by atoms with Crippen LogP contribution in [0, 0.1) is 0 Å². The van der Waals surface area contributed by atoms with Crippen molar-refractivity contribution in [3.63, 3.8) is 0 Å². The number of carbonyl (C=O) groups is 2. The predicted octanol–water partition coefficient (Wildman–Crippen LogP) is 3.88. The van der Waals surface area contributed by atoms with Crippen molar-refractivity contribution >= 4 is 54.0 Å². The largest absolute Gasteiger partial charge is 0.383 e. The summed E-state index contributed by atoms with van der Waals surface area (Å²) in [6.45, 7) is 1.48. The van der Waals surface area contributed by atoms with Crippen molar-refractivity contribution in [2.45, 2.75) is 9.79 Å². The molecule has 3 aromatic carbocycles. The zero-order valence-corrected chi connectivity index (χ0v) is 32.3. The number of nitrogens with one attached hydrogen (secondary N) is 2. The van der Waals surface area contributed by atoms with Gasteiger partial charge in [-0.15, -0.1) is 11.3 Å². The summed E-state index contributed by atoms with van der Waals surface area (Å²) in [5.41, 5.74) is 2.20. The van der Waals surface area contributed by atoms with Gasteiger partial charge in [0.25, 0.3) is 11.8 Å². The van der Waals surface area contributed by atoms with Crippen LogP contribution >= 0.6 is 11.3 Å². The number of methoxy groups -OCH3 is 4. The van der Waals surface area contributed by atoms with Crippen molar-refractivity contribution in [2.24, 2.45) is 0 Å². The number of nitrogens with zero attached hydrogens (tertiary/aromatic N) is 3. The molecule has 0 aliphatic heterocycles. The van der Waals surface area contributed by atoms with Gasteiger partial charge in [-0.3, -0.25) is 14.9 Å². The number of thiazole rings is 1. The van der Waals surface area contributed by atoms with Crippen LogP contribution < -0.4 is 10.6 Å². The first-order valence-corrected chi connectivity index (χ1v) is 20.1. The van der Waals surface area contributed by atoms with Crippen LogP contribution in [0.5, 0.6) is 0 Å². The Bertz CT molecular complexity index is 2010. The number of aromatic nitrogens is 1. The van der Waals surface area contributed by atoms with E-state index >= 15 is 0 Å². The highest BCUT2D eigenvalue weighted by molar-refractivity contribution is 7.89. The number of ether oxygens (including phenoxy) is 4. The molecule has 2 amide bonds. The third kappa shape index (κ3) is 11.2. The van der Waals surface area contributed by atoms with Crippen LogP contribution in [-0.2, 0) is 39.0 Å². The van der Waals surface area contributed by atoms with Crippen molar-refractivity contribution in [2.75, 3.05) is 91.7 Å². The Morgan fingerprint density at radius 2 is 1.08 bits per heavy atom. The Hall–Kier alpha value is -4.11. The van der Waals surface area contributed by atoms with Gasteiger partial charge < -0.3 is 24.3 Å². The molecule has 0 atom stereocenters. The summed E-state index contributed by atoms with van der Waals surface area (Å²) < 4.78 is 75.5. The molecule has 0 unspecified atom stereocenters. The van der Waals surface area contributed by atoms with E-state index in [1.807, 2.05) is 0 Å². The lowest BCUT2D eigenvalue weighted by atomic mass is 10.1. The van der Waals surface area contributed by atoms with Gasteiger partial charge in [0.15, 0.2) is 5.13 Å². The van der Waals surface area contributed by atoms with E-state index in [1.165, 1.54) is 96.9 Å². The van der Waals surface area contributed by atoms with Gasteiger partial charge in [-0.2, -0.15) is 8.61 Å². The lowest BCUT2D eigenvalue weighted by molar-refractivity contribution is 0.101. The Kier molecular flexibility index (Phi) is 15.6. The van der Waals surface area contributed by atoms with E-state index in [0.717, 1.165) is 0 Å². The lowest BCUT2D eigenvalue weighted by Gasteiger charge is -2.21. The quantitative estimate of drug-likeness (QED) is 0.125. The number of sulfonamides is 2. The van der Waals surface area contributed by atoms with Crippen molar-refractivity contribution in [1.82, 2.24) is 13.6 Å². The molecule has 53 heavy (non-hydrogen) atoms. The molecule has 0 aliphatic carbocycles. The second-order valence-corrected chi connectivity index (χ2v) is 16.1. The number of hydrogen-bond acceptors (Lipinski definition) is 12. The highest BCUT2D eigenvalue weighted by atomic mass is 32.2. The minimum atomic E-state index is -3.84. The van der Waals surface area contributed by atoms with Gasteiger partial charge in [0.2, 0.25) is 20.0 Å². The maximum absolute atomic E-state index is 13.2. The fourth-order valence-corrected chi connectivity index (χ4v) is 8.45. The highest BCUT2D eigenvalue weighted by Crippen LogP contribution is 2.28. The molecular weight excluding hydrogens is 747 g/mol. The second-order valence-electron chi connectivity index (χ2n) is 11.4. The number of carbonyl (C=O) groups excluding carboxylic acids is 2. The molecule has 18 heteroatoms. The fourth-order valence-electron chi connectivity index (χ4n) is 4.92. The summed E-state index contributed by atoms with van der Waals surface area (Å²) >= 11 is 1.20. The molecule has 1 aromatic heterocycles. The Morgan fingerprint density at radius 3 is 1.51 bits per heavy atom. The summed E-state index contributed by atoms with van der Waals surface area (Å²) in [5, 5.41) is 7.64. The summed E-state index contributed by atoms with van der Waals surface area (Å²) in [4.78, 5) is 30.7. The van der Waals surface area contributed by atoms with E-state index in [9.17, 15) is 26.4 Å². The molecule has 0 spiro atoms. The summed E-state index contributed by atoms with van der Waals surface area (Å²) in [5.74, 6) is -0.910. The predicted molar refractivity (Wildman–Crippen MR) is 201 cm³/mol. The van der Waals surface area contributed by atoms with Gasteiger partial charge >= 0.3 is 0 Å². The minimum absolute atomic E-state index is 0.0357. The monoisotopic (exact) mass is 789 g/mol. The molecule has 0 aliphatic rings. The van der Waals surface area contributed by atoms with Crippen molar-refractivity contribution in [3.05, 3.63) is 89.3 Å². The first-order valence-electron chi connectivity index (χ1n) is 16.3. The number of amides is 2. The normalized spacial score (nSPS) is 12.0. The Morgan fingerprint density at radius 1 is 0.642 bits per heavy atom. The first kappa shape index (κ1) is 41.6. The summed E-state index contributed by atoms with van der Waals surface area (Å²) in [6, 6.07) is 18.3. The van der Waals surface area contributed by atoms with Crippen LogP contribution in [0.1, 0.15) is 20.7 Å². The molecule has 0 bridgehead atoms. The van der Waals surface area contributed by atoms with Crippen LogP contribution in [0.2, 0.25) is 0 Å². The van der Waals surface area contributed by atoms with E-state index in [1.54, 1.807) is 29.6 Å². The second kappa shape index (κ2) is 19.8. The molecular formula is C35H43N5O10S3. The smallest absolute Gasteiger partial charge is 0.257 e. The van der Waals surface area contributed by atoms with Gasteiger partial charge in [0.05, 0.1) is 41.9 Å². The third-order valence-corrected chi connectivity index (χ3v) is 12.4. The molecule has 2 N–H and O–H groups in total. The Balaban J connectivity index is 1.39. The minimum Gasteiger partial charge on any atom is -0.383 e. The molecule has 0 saturated carbocycles. The summed E-state index contributed by atoms with van der Waals surface area (Å²) in [6.07, 6.45) is 0. The first-order chi connectivity index (χ1) is 25.4. The highest BCUT2D eigenvalue weighted by Gasteiger charge is 2.26. The average Bonchev–Trinajstić information content (AvgIpc) is 3.63. The SMILES string of the molecule is COCCN(CCOC)S(=O)(=O)c1ccc(C(=O)Nc2cccc(-c3csc(NC(=O)c4ccc(S(=O)(=O)N(CCOC)CCOC)cc4)n3)c2)cc1. The average molecular weight is 790 g/mol. The molecule has 15 nitrogen and oxygen atoms in total. The van der Waals surface area contributed by atoms with Crippen molar-refractivity contribution in [3.8, 4) is 11.3 Å². The molecule has 0 fully saturated rings. The standard InChI is InChI=1S/C35H43N5O10S3/c1-47-20-16-39(17-21-48-2)52(43,44)30-12-8-26(9-13-30)33(41)36-29-7-5-6-28(24-29)32-25-51-35(37-32)38-34(42)27-10-14-31(15-11-27)53(45,46)40(18-22-49-3)19-23-50-4/h5-15,24-25H,16-23H2,1-4H3,(H,36,41)(H,37,38,42). The van der Waals surface area contributed by atoms with E-state index < -0.39 is 31.9 Å². The number of anilines is 2. The van der Waals surface area contributed by atoms with Crippen LogP contribution in [0.3, 0.4) is 0 Å². The van der Waals surface area contributed by atoms with E-state index in [4.69, 9.17) is 18.9 Å². The topological polar surface area (TPSA) is 183 Å².